The number of aryl methyl sites for hydroxylation is 3. The van der Waals surface area contributed by atoms with E-state index in [0.29, 0.717) is 54.3 Å². The Morgan fingerprint density at radius 1 is 0.266 bits per heavy atom. The Bertz CT molecular complexity index is 4120. The molecule has 139 heavy (non-hydrogen) atoms. The van der Waals surface area contributed by atoms with E-state index in [9.17, 15) is 0 Å². The van der Waals surface area contributed by atoms with Crippen LogP contribution < -0.4 is 67.5 Å². The Kier molecular flexibility index (Phi) is 40.1. The van der Waals surface area contributed by atoms with Crippen molar-refractivity contribution < 1.29 is 0 Å². The van der Waals surface area contributed by atoms with Crippen molar-refractivity contribution in [1.82, 2.24) is 96.8 Å². The topological polar surface area (TPSA) is 247 Å². The third-order valence-electron chi connectivity index (χ3n) is 31.1. The van der Waals surface area contributed by atoms with Crippen LogP contribution in [0, 0.1) is 26.2 Å². The van der Waals surface area contributed by atoms with Gasteiger partial charge in [-0.15, -0.1) is 0 Å². The molecule has 0 unspecified atom stereocenters. The molecule has 0 amide bonds. The molecule has 800 valence electrons. The first-order chi connectivity index (χ1) is 63.8. The predicted molar refractivity (Wildman–Crippen MR) is 594 cm³/mol. The van der Waals surface area contributed by atoms with E-state index in [-0.39, 0.29) is 88.5 Å². The molecule has 0 bridgehead atoms. The lowest BCUT2D eigenvalue weighted by atomic mass is 9.79. The van der Waals surface area contributed by atoms with Gasteiger partial charge in [0.25, 0.3) is 0 Å². The quantitative estimate of drug-likeness (QED) is 0.0240. The number of hydrogen-bond donors (Lipinski definition) is 9. The third-order valence-corrected chi connectivity index (χ3v) is 31.1. The van der Waals surface area contributed by atoms with Gasteiger partial charge in [0.2, 0.25) is 35.7 Å². The second-order valence-corrected chi connectivity index (χ2v) is 57.2. The van der Waals surface area contributed by atoms with Gasteiger partial charge < -0.3 is 82.2 Å². The molecule has 9 N–H and O–H groups in total. The highest BCUT2D eigenvalue weighted by atomic mass is 15.4. The fraction of sp³-hybridized carbons (Fsp3) is 0.921. The molecule has 0 radical (unpaired) electrons. The molecule has 7 aliphatic heterocycles. The number of unbranched alkanes of at least 4 members (excludes halogenated alkanes) is 10. The van der Waals surface area contributed by atoms with Crippen LogP contribution >= 0.6 is 0 Å². The van der Waals surface area contributed by atoms with Gasteiger partial charge in [-0.3, -0.25) is 0 Å². The number of aromatic nitrogens is 9. The Balaban J connectivity index is 0.000000234. The Labute approximate surface area is 853 Å². The van der Waals surface area contributed by atoms with Crippen molar-refractivity contribution in [3.05, 3.63) is 17.5 Å². The molecule has 1 aliphatic carbocycles. The zero-order chi connectivity index (χ0) is 104. The maximum absolute atomic E-state index is 5.42. The first-order valence-electron chi connectivity index (χ1n) is 56.2. The molecule has 0 spiro atoms. The lowest BCUT2D eigenvalue weighted by Gasteiger charge is -2.50. The number of rotatable bonds is 40. The summed E-state index contributed by atoms with van der Waals surface area (Å²) in [4.78, 5) is 63.2. The maximum Gasteiger partial charge on any atom is 0.230 e. The molecule has 11 rings (SSSR count). The monoisotopic (exact) mass is 1940 g/mol. The van der Waals surface area contributed by atoms with E-state index in [4.69, 9.17) is 44.9 Å². The molecule has 0 atom stereocenters. The first kappa shape index (κ1) is 118. The van der Waals surface area contributed by atoms with Crippen LogP contribution in [-0.2, 0) is 0 Å². The molecule has 8 fully saturated rings. The average molecular weight is 1940 g/mol. The number of nitrogens with one attached hydrogen (secondary N) is 9. The highest BCUT2D eigenvalue weighted by Crippen LogP contribution is 2.43. The zero-order valence-corrected chi connectivity index (χ0v) is 97.8. The summed E-state index contributed by atoms with van der Waals surface area (Å²) in [6.45, 7) is 93.0. The summed E-state index contributed by atoms with van der Waals surface area (Å²) in [5, 5.41) is 34.4. The van der Waals surface area contributed by atoms with Crippen molar-refractivity contribution in [3.63, 3.8) is 0 Å². The second-order valence-electron chi connectivity index (χ2n) is 57.2. The van der Waals surface area contributed by atoms with Crippen LogP contribution in [0.5, 0.6) is 0 Å². The predicted octanol–water partition coefficient (Wildman–Crippen LogP) is 22.6. The van der Waals surface area contributed by atoms with Gasteiger partial charge in [-0.2, -0.15) is 44.9 Å². The summed E-state index contributed by atoms with van der Waals surface area (Å²) < 4.78 is 0. The third kappa shape index (κ3) is 39.5. The normalized spacial score (nSPS) is 23.6. The number of hydrogen-bond acceptors (Lipinski definition) is 25. The van der Waals surface area contributed by atoms with Gasteiger partial charge in [0.1, 0.15) is 17.5 Å². The minimum atomic E-state index is -0.125. The zero-order valence-electron chi connectivity index (χ0n) is 97.8. The van der Waals surface area contributed by atoms with E-state index in [1.807, 2.05) is 13.8 Å². The lowest BCUT2D eigenvalue weighted by Crippen LogP contribution is -2.63. The summed E-state index contributed by atoms with van der Waals surface area (Å²) >= 11 is 0. The lowest BCUT2D eigenvalue weighted by molar-refractivity contribution is 0.0802. The molecule has 10 heterocycles. The molecule has 25 nitrogen and oxygen atoms in total. The number of piperidine rings is 7. The smallest absolute Gasteiger partial charge is 0.230 e. The first-order valence-corrected chi connectivity index (χ1v) is 56.2. The van der Waals surface area contributed by atoms with Crippen LogP contribution in [0.2, 0.25) is 0 Å². The summed E-state index contributed by atoms with van der Waals surface area (Å²) in [6, 6.07) is 3.91. The van der Waals surface area contributed by atoms with Crippen molar-refractivity contribution in [2.75, 3.05) is 97.2 Å². The van der Waals surface area contributed by atoms with Crippen molar-refractivity contribution in [1.29, 1.82) is 0 Å². The van der Waals surface area contributed by atoms with Gasteiger partial charge >= 0.3 is 0 Å². The maximum atomic E-state index is 5.42. The van der Waals surface area contributed by atoms with E-state index >= 15 is 0 Å². The highest BCUT2D eigenvalue weighted by molar-refractivity contribution is 5.44. The number of anilines is 6. The molecule has 3 aromatic heterocycles. The van der Waals surface area contributed by atoms with Crippen molar-refractivity contribution >= 4 is 35.7 Å². The van der Waals surface area contributed by atoms with Gasteiger partial charge in [0.15, 0.2) is 0 Å². The molecule has 3 aromatic rings. The second kappa shape index (κ2) is 47.3. The Morgan fingerprint density at radius 2 is 0.482 bits per heavy atom. The highest BCUT2D eigenvalue weighted by Gasteiger charge is 2.49. The van der Waals surface area contributed by atoms with Crippen LogP contribution in [0.1, 0.15) is 471 Å². The van der Waals surface area contributed by atoms with E-state index in [1.165, 1.54) is 148 Å². The van der Waals surface area contributed by atoms with Gasteiger partial charge in [0.05, 0.1) is 0 Å². The Morgan fingerprint density at radius 3 is 0.734 bits per heavy atom. The van der Waals surface area contributed by atoms with Gasteiger partial charge in [0, 0.05) is 158 Å². The standard InChI is InChI=1S/C42H81N9.C37H72N8.C35H66N8/c1-16-17-23-50(33-27-39(7,8)47-40(9,10)28-33)35-43-31(2)44-36(45-35)51(34-29-41(11,12)48-42(13,14)30-34)24-21-19-18-20-22-49(15)32-25-37(3,4)46-38(5,6)26-32;1-27-38-30(41-37(13,14)26-32(2,3)4)40-31(39-27)45(29-24-35(9,10)43-36(11,12)25-29)21-19-17-16-18-20-44(15)28-22-33(5,6)42-34(7,8)23-28;1-26-36-30(38-27-18-14-13-15-19-27)39-31(37-26)43(29-24-34(6,7)41-35(8,9)25-29)21-17-12-11-16-20-42(10)28-22-32(2,3)40-33(4,5)23-28/h32-34,46-48H,16-30H2,1-15H3;28-29,42-43H,16-26H2,1-15H3,(H,38,39,40,41);27-29,40-41H,11-25H2,1-10H3,(H,36,37,38,39). The van der Waals surface area contributed by atoms with Crippen LogP contribution in [-0.4, -0.2) is 258 Å². The van der Waals surface area contributed by atoms with Gasteiger partial charge in [-0.05, 0) is 429 Å². The van der Waals surface area contributed by atoms with Crippen molar-refractivity contribution in [2.24, 2.45) is 5.41 Å². The summed E-state index contributed by atoms with van der Waals surface area (Å²) in [5.41, 5.74) is 1.62. The van der Waals surface area contributed by atoms with E-state index in [0.717, 1.165) is 163 Å². The molecule has 7 saturated heterocycles. The van der Waals surface area contributed by atoms with Crippen LogP contribution in [0.15, 0.2) is 0 Å². The summed E-state index contributed by atoms with van der Waals surface area (Å²) in [5.74, 6) is 7.30. The average Bonchev–Trinajstić information content (AvgIpc) is 0.779. The fourth-order valence-corrected chi connectivity index (χ4v) is 28.5. The van der Waals surface area contributed by atoms with Crippen LogP contribution in [0.25, 0.3) is 0 Å². The van der Waals surface area contributed by atoms with Crippen molar-refractivity contribution in [3.8, 4) is 0 Å². The van der Waals surface area contributed by atoms with Crippen molar-refractivity contribution in [2.45, 2.75) is 606 Å². The van der Waals surface area contributed by atoms with Gasteiger partial charge in [-0.1, -0.05) is 91.9 Å². The number of nitrogens with zero attached hydrogens (tertiary/aromatic N) is 16. The fourth-order valence-electron chi connectivity index (χ4n) is 28.5. The minimum absolute atomic E-state index is 0.0390. The van der Waals surface area contributed by atoms with E-state index < -0.39 is 0 Å². The van der Waals surface area contributed by atoms with E-state index in [1.54, 1.807) is 0 Å². The van der Waals surface area contributed by atoms with E-state index in [2.05, 4.69) is 346 Å². The summed E-state index contributed by atoms with van der Waals surface area (Å²) in [7, 11) is 7.02. The molecular weight excluding hydrogens is 1720 g/mol. The molecular formula is C114H219N25. The SMILES string of the molecule is CCCCN(c1nc(C)nc(N(CCCCCCN(C)C2CC(C)(C)NC(C)(C)C2)C2CC(C)(C)NC(C)(C)C2)n1)C1CC(C)(C)NC(C)(C)C1.Cc1nc(NC(C)(C)CC(C)(C)C)nc(N(CCCCCCN(C)C2CC(C)(C)NC(C)(C)C2)C2CC(C)(C)NC(C)(C)C2)n1.Cc1nc(NC2CCCCC2)nc(N(CCCCCCN(C)C2CC(C)(C)NC(C)(C)C2)C2CC(C)(C)NC(C)(C)C2)n1. The van der Waals surface area contributed by atoms with Gasteiger partial charge in [-0.25, -0.2) is 0 Å². The summed E-state index contributed by atoms with van der Waals surface area (Å²) in [6.07, 6.45) is 40.2. The molecule has 1 saturated carbocycles. The van der Waals surface area contributed by atoms with Crippen LogP contribution in [0.3, 0.4) is 0 Å². The molecule has 0 aromatic carbocycles. The minimum Gasteiger partial charge on any atom is -0.351 e. The molecule has 25 heteroatoms. The van der Waals surface area contributed by atoms with Crippen LogP contribution in [0.4, 0.5) is 35.7 Å². The Hall–Kier alpha value is -4.57. The molecule has 8 aliphatic rings. The largest absolute Gasteiger partial charge is 0.351 e.